The van der Waals surface area contributed by atoms with Crippen molar-refractivity contribution in [2.75, 3.05) is 18.4 Å². The summed E-state index contributed by atoms with van der Waals surface area (Å²) in [6, 6.07) is 3.40. The molecule has 0 radical (unpaired) electrons. The van der Waals surface area contributed by atoms with E-state index in [-0.39, 0.29) is 18.5 Å². The maximum Gasteiger partial charge on any atom is 0.259 e. The molecule has 1 saturated carbocycles. The highest BCUT2D eigenvalue weighted by molar-refractivity contribution is 6.06. The van der Waals surface area contributed by atoms with Crippen molar-refractivity contribution in [2.45, 2.75) is 44.2 Å². The van der Waals surface area contributed by atoms with Crippen molar-refractivity contribution in [1.82, 2.24) is 25.0 Å². The fraction of sp³-hybridized carbons (Fsp3) is 0.450. The average molecular weight is 394 g/mol. The van der Waals surface area contributed by atoms with Crippen LogP contribution in [-0.2, 0) is 0 Å². The predicted molar refractivity (Wildman–Crippen MR) is 104 cm³/mol. The van der Waals surface area contributed by atoms with Crippen molar-refractivity contribution in [1.29, 1.82) is 0 Å². The number of aliphatic hydroxyl groups excluding tert-OH is 1. The maximum atomic E-state index is 13.3. The number of aryl methyl sites for hydroxylation is 1. The number of fused-ring (bicyclic) bond motifs is 1. The van der Waals surface area contributed by atoms with Gasteiger partial charge in [0.05, 0.1) is 28.8 Å². The molecule has 0 unspecified atom stereocenters. The summed E-state index contributed by atoms with van der Waals surface area (Å²) in [6.45, 7) is 2.56. The van der Waals surface area contributed by atoms with Crippen LogP contribution in [0.3, 0.4) is 0 Å². The van der Waals surface area contributed by atoms with E-state index in [0.717, 1.165) is 18.5 Å². The molecule has 3 aromatic rings. The van der Waals surface area contributed by atoms with Gasteiger partial charge in [-0.05, 0) is 38.3 Å². The Labute approximate surface area is 167 Å². The topological polar surface area (TPSA) is 117 Å². The van der Waals surface area contributed by atoms with E-state index in [2.05, 4.69) is 25.4 Å². The Kier molecular flexibility index (Phi) is 4.39. The fourth-order valence-electron chi connectivity index (χ4n) is 3.86. The van der Waals surface area contributed by atoms with Gasteiger partial charge in [0, 0.05) is 37.1 Å². The van der Waals surface area contributed by atoms with Crippen molar-refractivity contribution in [3.8, 4) is 0 Å². The van der Waals surface area contributed by atoms with E-state index in [9.17, 15) is 9.90 Å². The van der Waals surface area contributed by atoms with Gasteiger partial charge < -0.3 is 19.8 Å². The van der Waals surface area contributed by atoms with Gasteiger partial charge in [0.25, 0.3) is 11.6 Å². The van der Waals surface area contributed by atoms with Crippen molar-refractivity contribution in [2.24, 2.45) is 0 Å². The van der Waals surface area contributed by atoms with Gasteiger partial charge in [-0.1, -0.05) is 5.16 Å². The normalized spacial score (nSPS) is 22.1. The first kappa shape index (κ1) is 18.0. The SMILES string of the molecule is Cc1noc2nc(C3CC3)cc(C(=O)N3CC[C@@H](Nc4ncccn4)[C@H](O)C3)c12. The molecule has 2 aliphatic rings. The molecule has 5 rings (SSSR count). The van der Waals surface area contributed by atoms with E-state index >= 15 is 0 Å². The van der Waals surface area contributed by atoms with Crippen LogP contribution in [0, 0.1) is 6.92 Å². The third kappa shape index (κ3) is 3.42. The predicted octanol–water partition coefficient (Wildman–Crippen LogP) is 1.89. The van der Waals surface area contributed by atoms with Crippen molar-refractivity contribution >= 4 is 23.0 Å². The van der Waals surface area contributed by atoms with Crippen molar-refractivity contribution in [3.05, 3.63) is 41.5 Å². The third-order valence-electron chi connectivity index (χ3n) is 5.61. The number of rotatable bonds is 4. The molecule has 2 fully saturated rings. The van der Waals surface area contributed by atoms with Crippen molar-refractivity contribution < 1.29 is 14.4 Å². The van der Waals surface area contributed by atoms with E-state index in [1.165, 1.54) is 0 Å². The van der Waals surface area contributed by atoms with Gasteiger partial charge in [-0.15, -0.1) is 0 Å². The van der Waals surface area contributed by atoms with E-state index in [1.807, 2.05) is 13.0 Å². The van der Waals surface area contributed by atoms with Crippen LogP contribution in [0.2, 0.25) is 0 Å². The number of anilines is 1. The number of aromatic nitrogens is 4. The van der Waals surface area contributed by atoms with Gasteiger partial charge in [-0.25, -0.2) is 15.0 Å². The first-order valence-corrected chi connectivity index (χ1v) is 9.88. The Morgan fingerprint density at radius 3 is 2.79 bits per heavy atom. The van der Waals surface area contributed by atoms with Crippen LogP contribution in [0.5, 0.6) is 0 Å². The Balaban J connectivity index is 1.37. The molecule has 0 aromatic carbocycles. The van der Waals surface area contributed by atoms with E-state index in [1.54, 1.807) is 23.4 Å². The number of hydrogen-bond acceptors (Lipinski definition) is 8. The molecular weight excluding hydrogens is 372 g/mol. The number of piperidine rings is 1. The van der Waals surface area contributed by atoms with Crippen LogP contribution in [0.25, 0.3) is 11.1 Å². The summed E-state index contributed by atoms with van der Waals surface area (Å²) in [4.78, 5) is 27.9. The molecule has 1 saturated heterocycles. The van der Waals surface area contributed by atoms with E-state index in [4.69, 9.17) is 4.52 Å². The molecule has 2 atom stereocenters. The van der Waals surface area contributed by atoms with Gasteiger partial charge >= 0.3 is 0 Å². The molecule has 1 amide bonds. The number of carbonyl (C=O) groups excluding carboxylic acids is 1. The number of hydrogen-bond donors (Lipinski definition) is 2. The number of carbonyl (C=O) groups is 1. The fourth-order valence-corrected chi connectivity index (χ4v) is 3.86. The molecule has 29 heavy (non-hydrogen) atoms. The van der Waals surface area contributed by atoms with Crippen LogP contribution >= 0.6 is 0 Å². The van der Waals surface area contributed by atoms with E-state index in [0.29, 0.717) is 47.2 Å². The van der Waals surface area contributed by atoms with Gasteiger partial charge in [-0.3, -0.25) is 4.79 Å². The molecule has 9 heteroatoms. The highest BCUT2D eigenvalue weighted by Gasteiger charge is 2.34. The van der Waals surface area contributed by atoms with Gasteiger partial charge in [0.1, 0.15) is 0 Å². The molecule has 0 bridgehead atoms. The molecule has 9 nitrogen and oxygen atoms in total. The molecule has 0 spiro atoms. The zero-order valence-electron chi connectivity index (χ0n) is 16.1. The minimum atomic E-state index is -0.722. The Morgan fingerprint density at radius 1 is 1.28 bits per heavy atom. The van der Waals surface area contributed by atoms with Crippen molar-refractivity contribution in [3.63, 3.8) is 0 Å². The van der Waals surface area contributed by atoms with Crippen LogP contribution < -0.4 is 5.32 Å². The average Bonchev–Trinajstić information content (AvgIpc) is 3.52. The largest absolute Gasteiger partial charge is 0.389 e. The number of nitrogens with zero attached hydrogens (tertiary/aromatic N) is 5. The van der Waals surface area contributed by atoms with Crippen LogP contribution in [0.15, 0.2) is 29.0 Å². The van der Waals surface area contributed by atoms with Gasteiger partial charge in [-0.2, -0.15) is 0 Å². The molecule has 150 valence electrons. The second kappa shape index (κ2) is 7.07. The maximum absolute atomic E-state index is 13.3. The molecule has 1 aliphatic carbocycles. The Bertz CT molecular complexity index is 1050. The van der Waals surface area contributed by atoms with Crippen LogP contribution in [-0.4, -0.2) is 61.3 Å². The number of amides is 1. The smallest absolute Gasteiger partial charge is 0.259 e. The van der Waals surface area contributed by atoms with Gasteiger partial charge in [0.2, 0.25) is 5.95 Å². The summed E-state index contributed by atoms with van der Waals surface area (Å²) in [7, 11) is 0. The highest BCUT2D eigenvalue weighted by Crippen LogP contribution is 2.40. The highest BCUT2D eigenvalue weighted by atomic mass is 16.5. The summed E-state index contributed by atoms with van der Waals surface area (Å²) in [6.07, 6.45) is 5.33. The number of β-amino-alcohol motifs (C(OH)–C–C–N with tert-alkyl or cyclic N) is 1. The zero-order valence-corrected chi connectivity index (χ0v) is 16.1. The minimum absolute atomic E-state index is 0.126. The van der Waals surface area contributed by atoms with Crippen LogP contribution in [0.1, 0.15) is 46.9 Å². The van der Waals surface area contributed by atoms with Crippen LogP contribution in [0.4, 0.5) is 5.95 Å². The molecular formula is C20H22N6O3. The number of pyridine rings is 1. The summed E-state index contributed by atoms with van der Waals surface area (Å²) < 4.78 is 5.34. The first-order chi connectivity index (χ1) is 14.1. The zero-order chi connectivity index (χ0) is 20.0. The quantitative estimate of drug-likeness (QED) is 0.689. The molecule has 4 heterocycles. The summed E-state index contributed by atoms with van der Waals surface area (Å²) >= 11 is 0. The lowest BCUT2D eigenvalue weighted by Crippen LogP contribution is -2.51. The molecule has 3 aromatic heterocycles. The molecule has 1 aliphatic heterocycles. The summed E-state index contributed by atoms with van der Waals surface area (Å²) in [5, 5.41) is 18.4. The van der Waals surface area contributed by atoms with E-state index < -0.39 is 6.10 Å². The Hall–Kier alpha value is -3.07. The standard InChI is InChI=1S/C20H22N6O3/c1-11-17-13(9-15(12-3-4-12)23-18(17)29-25-11)19(28)26-8-5-14(16(27)10-26)24-20-21-6-2-7-22-20/h2,6-7,9,12,14,16,27H,3-5,8,10H2,1H3,(H,21,22,24)/t14-,16-/m1/s1. The third-order valence-corrected chi connectivity index (χ3v) is 5.61. The number of aliphatic hydroxyl groups is 1. The molecule has 2 N–H and O–H groups in total. The lowest BCUT2D eigenvalue weighted by atomic mass is 10.00. The number of likely N-dealkylation sites (tertiary alicyclic amines) is 1. The lowest BCUT2D eigenvalue weighted by Gasteiger charge is -2.36. The monoisotopic (exact) mass is 394 g/mol. The Morgan fingerprint density at radius 2 is 2.07 bits per heavy atom. The lowest BCUT2D eigenvalue weighted by molar-refractivity contribution is 0.0426. The summed E-state index contributed by atoms with van der Waals surface area (Å²) in [5.74, 6) is 0.739. The minimum Gasteiger partial charge on any atom is -0.389 e. The van der Waals surface area contributed by atoms with Gasteiger partial charge in [0.15, 0.2) is 0 Å². The second-order valence-electron chi connectivity index (χ2n) is 7.75. The number of nitrogens with one attached hydrogen (secondary N) is 1. The summed E-state index contributed by atoms with van der Waals surface area (Å²) in [5.41, 5.74) is 2.50. The second-order valence-corrected chi connectivity index (χ2v) is 7.75. The first-order valence-electron chi connectivity index (χ1n) is 9.88.